The molecule has 0 bridgehead atoms. The number of nitrogens with zero attached hydrogens (tertiary/aromatic N) is 1. The zero-order valence-corrected chi connectivity index (χ0v) is 17.7. The van der Waals surface area contributed by atoms with Gasteiger partial charge >= 0.3 is 12.1 Å². The van der Waals surface area contributed by atoms with Crippen LogP contribution in [-0.2, 0) is 30.9 Å². The summed E-state index contributed by atoms with van der Waals surface area (Å²) in [5.41, 5.74) is 0.613. The van der Waals surface area contributed by atoms with Crippen LogP contribution < -0.4 is 5.32 Å². The maximum atomic E-state index is 14.8. The maximum Gasteiger partial charge on any atom is 0.418 e. The SMILES string of the molecule is COC(=O)n1c2c(c3ccccc31)CCNC1C(C(C)F)=CC(C=O)CC21C(=O)OC. The Hall–Kier alpha value is -3.00. The van der Waals surface area contributed by atoms with E-state index in [2.05, 4.69) is 5.32 Å². The predicted octanol–water partition coefficient (Wildman–Crippen LogP) is 2.68. The molecule has 4 rings (SSSR count). The van der Waals surface area contributed by atoms with Gasteiger partial charge in [0.15, 0.2) is 0 Å². The van der Waals surface area contributed by atoms with Crippen LogP contribution in [0.2, 0.25) is 0 Å². The fourth-order valence-corrected chi connectivity index (χ4v) is 5.28. The number of ether oxygens (including phenoxy) is 2. The number of halogens is 1. The largest absolute Gasteiger partial charge is 0.468 e. The van der Waals surface area contributed by atoms with Crippen molar-refractivity contribution in [2.45, 2.75) is 37.4 Å². The Balaban J connectivity index is 2.16. The van der Waals surface area contributed by atoms with Crippen LogP contribution in [0.1, 0.15) is 24.6 Å². The summed E-state index contributed by atoms with van der Waals surface area (Å²) in [6, 6.07) is 6.54. The normalized spacial score (nSPS) is 26.1. The molecule has 1 N–H and O–H groups in total. The number of rotatable bonds is 3. The molecule has 2 aliphatic rings. The summed E-state index contributed by atoms with van der Waals surface area (Å²) in [5, 5.41) is 4.11. The first-order valence-electron chi connectivity index (χ1n) is 10.2. The Morgan fingerprint density at radius 3 is 2.68 bits per heavy atom. The van der Waals surface area contributed by atoms with E-state index in [9.17, 15) is 18.8 Å². The highest BCUT2D eigenvalue weighted by atomic mass is 19.1. The van der Waals surface area contributed by atoms with Gasteiger partial charge in [-0.1, -0.05) is 24.3 Å². The minimum atomic E-state index is -1.48. The van der Waals surface area contributed by atoms with Crippen molar-refractivity contribution < 1.29 is 28.2 Å². The van der Waals surface area contributed by atoms with Gasteiger partial charge in [0.05, 0.1) is 31.5 Å². The Morgan fingerprint density at radius 2 is 2.03 bits per heavy atom. The van der Waals surface area contributed by atoms with Gasteiger partial charge < -0.3 is 19.6 Å². The second-order valence-corrected chi connectivity index (χ2v) is 8.04. The Labute approximate surface area is 179 Å². The lowest BCUT2D eigenvalue weighted by molar-refractivity contribution is -0.150. The highest BCUT2D eigenvalue weighted by Crippen LogP contribution is 2.48. The molecule has 0 amide bonds. The van der Waals surface area contributed by atoms with Gasteiger partial charge in [-0.3, -0.25) is 4.79 Å². The molecule has 8 heteroatoms. The van der Waals surface area contributed by atoms with Crippen LogP contribution in [0.3, 0.4) is 0 Å². The summed E-state index contributed by atoms with van der Waals surface area (Å²) in [6.45, 7) is 1.84. The molecule has 1 aliphatic heterocycles. The van der Waals surface area contributed by atoms with E-state index in [-0.39, 0.29) is 6.42 Å². The van der Waals surface area contributed by atoms with E-state index in [4.69, 9.17) is 9.47 Å². The second kappa shape index (κ2) is 7.92. The number of esters is 1. The lowest BCUT2D eigenvalue weighted by Crippen LogP contribution is -2.59. The first-order chi connectivity index (χ1) is 14.9. The third kappa shape index (κ3) is 3.00. The third-order valence-electron chi connectivity index (χ3n) is 6.46. The molecule has 164 valence electrons. The molecule has 0 fully saturated rings. The van der Waals surface area contributed by atoms with E-state index in [1.165, 1.54) is 25.7 Å². The minimum absolute atomic E-state index is 0.0530. The molecule has 2 heterocycles. The number of hydrogen-bond acceptors (Lipinski definition) is 6. The fourth-order valence-electron chi connectivity index (χ4n) is 5.28. The van der Waals surface area contributed by atoms with Crippen molar-refractivity contribution in [1.29, 1.82) is 0 Å². The van der Waals surface area contributed by atoms with E-state index < -0.39 is 35.6 Å². The summed E-state index contributed by atoms with van der Waals surface area (Å²) >= 11 is 0. The number of alkyl halides is 1. The van der Waals surface area contributed by atoms with E-state index in [1.54, 1.807) is 18.2 Å². The van der Waals surface area contributed by atoms with E-state index in [0.717, 1.165) is 10.9 Å². The Kier molecular flexibility index (Phi) is 5.43. The number of benzene rings is 1. The monoisotopic (exact) mass is 428 g/mol. The van der Waals surface area contributed by atoms with Crippen LogP contribution in [-0.4, -0.2) is 55.9 Å². The van der Waals surface area contributed by atoms with E-state index in [0.29, 0.717) is 36.0 Å². The standard InChI is InChI=1S/C23H25FN2O5/c1-13(24)17-10-14(12-27)11-23(21(28)30-2)19(17)25-9-8-16-15-6-4-5-7-18(15)26(20(16)23)22(29)31-3/h4-7,10,12-14,19,25H,8-9,11H2,1-3H3. The van der Waals surface area contributed by atoms with Gasteiger partial charge in [0.2, 0.25) is 0 Å². The van der Waals surface area contributed by atoms with Crippen LogP contribution >= 0.6 is 0 Å². The predicted molar refractivity (Wildman–Crippen MR) is 112 cm³/mol. The quantitative estimate of drug-likeness (QED) is 0.460. The summed E-state index contributed by atoms with van der Waals surface area (Å²) in [6.07, 6.45) is 0.799. The number of hydrogen-bond donors (Lipinski definition) is 1. The van der Waals surface area contributed by atoms with Gasteiger partial charge in [0.1, 0.15) is 17.9 Å². The smallest absolute Gasteiger partial charge is 0.418 e. The molecule has 2 aromatic rings. The first kappa shape index (κ1) is 21.2. The highest BCUT2D eigenvalue weighted by molar-refractivity contribution is 5.98. The van der Waals surface area contributed by atoms with Gasteiger partial charge in [-0.15, -0.1) is 0 Å². The first-order valence-corrected chi connectivity index (χ1v) is 10.2. The van der Waals surface area contributed by atoms with Gasteiger partial charge in [0.25, 0.3) is 0 Å². The summed E-state index contributed by atoms with van der Waals surface area (Å²) < 4.78 is 26.5. The van der Waals surface area contributed by atoms with Crippen molar-refractivity contribution in [3.63, 3.8) is 0 Å². The van der Waals surface area contributed by atoms with Gasteiger partial charge in [0, 0.05) is 11.3 Å². The summed E-state index contributed by atoms with van der Waals surface area (Å²) in [4.78, 5) is 38.4. The minimum Gasteiger partial charge on any atom is -0.468 e. The van der Waals surface area contributed by atoms with Crippen molar-refractivity contribution in [1.82, 2.24) is 9.88 Å². The van der Waals surface area contributed by atoms with Gasteiger partial charge in [-0.2, -0.15) is 0 Å². The molecule has 1 aromatic heterocycles. The lowest BCUT2D eigenvalue weighted by atomic mass is 9.63. The van der Waals surface area contributed by atoms with Gasteiger partial charge in [-0.05, 0) is 43.5 Å². The number of para-hydroxylation sites is 1. The molecular formula is C23H25FN2O5. The molecule has 0 spiro atoms. The van der Waals surface area contributed by atoms with Crippen LogP contribution in [0.15, 0.2) is 35.9 Å². The summed E-state index contributed by atoms with van der Waals surface area (Å²) in [5.74, 6) is -1.33. The lowest BCUT2D eigenvalue weighted by Gasteiger charge is -2.44. The number of aromatic nitrogens is 1. The average molecular weight is 428 g/mol. The van der Waals surface area contributed by atoms with E-state index in [1.807, 2.05) is 12.1 Å². The molecule has 0 saturated carbocycles. The average Bonchev–Trinajstić information content (AvgIpc) is 3.02. The number of fused-ring (bicyclic) bond motifs is 5. The van der Waals surface area contributed by atoms with Crippen molar-refractivity contribution in [3.8, 4) is 0 Å². The van der Waals surface area contributed by atoms with Crippen LogP contribution in [0.5, 0.6) is 0 Å². The molecule has 1 aromatic carbocycles. The number of allylic oxidation sites excluding steroid dienone is 1. The fraction of sp³-hybridized carbons (Fsp3) is 0.435. The van der Waals surface area contributed by atoms with E-state index >= 15 is 0 Å². The second-order valence-electron chi connectivity index (χ2n) is 8.04. The van der Waals surface area contributed by atoms with Crippen molar-refractivity contribution in [3.05, 3.63) is 47.2 Å². The van der Waals surface area contributed by atoms with Gasteiger partial charge in [-0.25, -0.2) is 13.8 Å². The molecule has 1 aliphatic carbocycles. The van der Waals surface area contributed by atoms with Crippen molar-refractivity contribution in [2.24, 2.45) is 5.92 Å². The third-order valence-corrected chi connectivity index (χ3v) is 6.46. The Bertz CT molecular complexity index is 1090. The van der Waals surface area contributed by atoms with Crippen LogP contribution in [0.25, 0.3) is 10.9 Å². The molecule has 31 heavy (non-hydrogen) atoms. The number of carbonyl (C=O) groups excluding carboxylic acids is 3. The van der Waals surface area contributed by atoms with Crippen molar-refractivity contribution in [2.75, 3.05) is 20.8 Å². The number of aldehydes is 1. The molecule has 7 nitrogen and oxygen atoms in total. The molecule has 4 unspecified atom stereocenters. The topological polar surface area (TPSA) is 86.6 Å². The zero-order valence-electron chi connectivity index (χ0n) is 17.7. The Morgan fingerprint density at radius 1 is 1.29 bits per heavy atom. The molecule has 0 radical (unpaired) electrons. The highest BCUT2D eigenvalue weighted by Gasteiger charge is 2.58. The molecule has 4 atom stereocenters. The van der Waals surface area contributed by atoms with Crippen molar-refractivity contribution >= 4 is 29.3 Å². The van der Waals surface area contributed by atoms with Crippen LogP contribution in [0, 0.1) is 5.92 Å². The summed E-state index contributed by atoms with van der Waals surface area (Å²) in [7, 11) is 2.53. The van der Waals surface area contributed by atoms with Crippen LogP contribution in [0.4, 0.5) is 9.18 Å². The number of methoxy groups -OCH3 is 2. The molecular weight excluding hydrogens is 403 g/mol. The maximum absolute atomic E-state index is 14.8. The zero-order chi connectivity index (χ0) is 22.3. The number of carbonyl (C=O) groups is 3. The molecule has 0 saturated heterocycles. The number of nitrogens with one attached hydrogen (secondary N) is 1.